The molecule has 1 atom stereocenters. The average molecular weight is 331 g/mol. The van der Waals surface area contributed by atoms with E-state index in [4.69, 9.17) is 22.1 Å². The van der Waals surface area contributed by atoms with Gasteiger partial charge in [0, 0.05) is 18.6 Å². The Kier molecular flexibility index (Phi) is 8.57. The lowest BCUT2D eigenvalue weighted by atomic mass is 10.2. The first-order chi connectivity index (χ1) is 10.0. The van der Waals surface area contributed by atoms with Crippen LogP contribution in [0.15, 0.2) is 24.3 Å². The molecule has 1 amide bonds. The molecule has 118 valence electrons. The highest BCUT2D eigenvalue weighted by Crippen LogP contribution is 2.17. The van der Waals surface area contributed by atoms with Gasteiger partial charge in [-0.15, -0.1) is 0 Å². The summed E-state index contributed by atoms with van der Waals surface area (Å²) in [7, 11) is 1.78. The summed E-state index contributed by atoms with van der Waals surface area (Å²) in [6.07, 6.45) is 3.47. The molecule has 0 aliphatic rings. The van der Waals surface area contributed by atoms with Gasteiger partial charge >= 0.3 is 0 Å². The summed E-state index contributed by atoms with van der Waals surface area (Å²) in [6.45, 7) is 1.17. The number of nitrogens with two attached hydrogens (primary N) is 1. The minimum absolute atomic E-state index is 0.00759. The number of carbonyl (C=O) groups is 1. The standard InChI is InChI=1S/C15H23ClN2O2S/c1-18(15(19)14(17)7-10-21-2)8-4-9-20-13-6-3-5-12(16)11-13/h3,5-6,11,14H,4,7-10,17H2,1-2H3/t14-/m0/s1. The zero-order valence-corrected chi connectivity index (χ0v) is 14.1. The Morgan fingerprint density at radius 2 is 2.29 bits per heavy atom. The van der Waals surface area contributed by atoms with Crippen LogP contribution in [0.1, 0.15) is 12.8 Å². The predicted molar refractivity (Wildman–Crippen MR) is 90.2 cm³/mol. The molecule has 0 fully saturated rings. The van der Waals surface area contributed by atoms with Crippen LogP contribution in [0, 0.1) is 0 Å². The normalized spacial score (nSPS) is 12.0. The number of nitrogens with zero attached hydrogens (tertiary/aromatic N) is 1. The minimum atomic E-state index is -0.406. The summed E-state index contributed by atoms with van der Waals surface area (Å²) in [5, 5.41) is 0.652. The second-order valence-corrected chi connectivity index (χ2v) is 6.23. The minimum Gasteiger partial charge on any atom is -0.493 e. The number of halogens is 1. The molecule has 0 aromatic heterocycles. The molecular formula is C15H23ClN2O2S. The van der Waals surface area contributed by atoms with Gasteiger partial charge in [-0.2, -0.15) is 11.8 Å². The van der Waals surface area contributed by atoms with Crippen molar-refractivity contribution in [2.45, 2.75) is 18.9 Å². The highest BCUT2D eigenvalue weighted by atomic mass is 35.5. The summed E-state index contributed by atoms with van der Waals surface area (Å²) in [5.41, 5.74) is 5.87. The van der Waals surface area contributed by atoms with E-state index in [1.165, 1.54) is 0 Å². The van der Waals surface area contributed by atoms with Crippen LogP contribution in [0.5, 0.6) is 5.75 Å². The van der Waals surface area contributed by atoms with E-state index in [1.807, 2.05) is 18.4 Å². The fourth-order valence-corrected chi connectivity index (χ4v) is 2.48. The second-order valence-electron chi connectivity index (χ2n) is 4.81. The Hall–Kier alpha value is -0.910. The van der Waals surface area contributed by atoms with E-state index in [0.717, 1.165) is 17.9 Å². The van der Waals surface area contributed by atoms with Crippen molar-refractivity contribution >= 4 is 29.3 Å². The average Bonchev–Trinajstić information content (AvgIpc) is 2.48. The zero-order chi connectivity index (χ0) is 15.7. The first-order valence-corrected chi connectivity index (χ1v) is 8.69. The van der Waals surface area contributed by atoms with Gasteiger partial charge in [0.05, 0.1) is 12.6 Å². The maximum Gasteiger partial charge on any atom is 0.239 e. The molecule has 4 nitrogen and oxygen atoms in total. The molecule has 0 saturated heterocycles. The number of benzene rings is 1. The topological polar surface area (TPSA) is 55.6 Å². The highest BCUT2D eigenvalue weighted by Gasteiger charge is 2.16. The van der Waals surface area contributed by atoms with E-state index in [0.29, 0.717) is 24.6 Å². The van der Waals surface area contributed by atoms with Crippen LogP contribution in [-0.2, 0) is 4.79 Å². The van der Waals surface area contributed by atoms with E-state index in [-0.39, 0.29) is 5.91 Å². The van der Waals surface area contributed by atoms with Crippen LogP contribution >= 0.6 is 23.4 Å². The molecule has 0 saturated carbocycles. The van der Waals surface area contributed by atoms with Crippen molar-refractivity contribution in [3.63, 3.8) is 0 Å². The Labute approximate surface area is 136 Å². The third kappa shape index (κ3) is 7.07. The van der Waals surface area contributed by atoms with Gasteiger partial charge in [0.25, 0.3) is 0 Å². The van der Waals surface area contributed by atoms with E-state index < -0.39 is 6.04 Å². The molecule has 0 heterocycles. The lowest BCUT2D eigenvalue weighted by molar-refractivity contribution is -0.131. The molecule has 1 aromatic carbocycles. The molecular weight excluding hydrogens is 308 g/mol. The molecule has 0 unspecified atom stereocenters. The van der Waals surface area contributed by atoms with Crippen LogP contribution in [0.3, 0.4) is 0 Å². The van der Waals surface area contributed by atoms with E-state index in [9.17, 15) is 4.79 Å². The van der Waals surface area contributed by atoms with E-state index >= 15 is 0 Å². The largest absolute Gasteiger partial charge is 0.493 e. The molecule has 1 rings (SSSR count). The molecule has 0 spiro atoms. The smallest absolute Gasteiger partial charge is 0.239 e. The number of carbonyl (C=O) groups excluding carboxylic acids is 1. The number of hydrogen-bond donors (Lipinski definition) is 1. The number of amides is 1. The summed E-state index contributed by atoms with van der Waals surface area (Å²) in [5.74, 6) is 1.64. The number of hydrogen-bond acceptors (Lipinski definition) is 4. The number of thioether (sulfide) groups is 1. The van der Waals surface area contributed by atoms with Crippen molar-refractivity contribution in [3.05, 3.63) is 29.3 Å². The number of rotatable bonds is 9. The van der Waals surface area contributed by atoms with Gasteiger partial charge in [-0.05, 0) is 43.0 Å². The Bertz CT molecular complexity index is 445. The molecule has 0 aliphatic heterocycles. The van der Waals surface area contributed by atoms with Crippen LogP contribution < -0.4 is 10.5 Å². The molecule has 0 bridgehead atoms. The van der Waals surface area contributed by atoms with E-state index in [1.54, 1.807) is 35.8 Å². The van der Waals surface area contributed by atoms with Gasteiger partial charge in [-0.3, -0.25) is 4.79 Å². The number of ether oxygens (including phenoxy) is 1. The molecule has 6 heteroatoms. The lowest BCUT2D eigenvalue weighted by Crippen LogP contribution is -2.42. The monoisotopic (exact) mass is 330 g/mol. The van der Waals surface area contributed by atoms with Gasteiger partial charge in [-0.25, -0.2) is 0 Å². The molecule has 1 aromatic rings. The third-order valence-electron chi connectivity index (χ3n) is 3.03. The zero-order valence-electron chi connectivity index (χ0n) is 12.5. The van der Waals surface area contributed by atoms with E-state index in [2.05, 4.69) is 0 Å². The molecule has 2 N–H and O–H groups in total. The first kappa shape index (κ1) is 18.1. The Morgan fingerprint density at radius 3 is 2.95 bits per heavy atom. The fraction of sp³-hybridized carbons (Fsp3) is 0.533. The summed E-state index contributed by atoms with van der Waals surface area (Å²) in [4.78, 5) is 13.7. The van der Waals surface area contributed by atoms with Crippen molar-refractivity contribution in [2.24, 2.45) is 5.73 Å². The molecule has 21 heavy (non-hydrogen) atoms. The Balaban J connectivity index is 2.23. The van der Waals surface area contributed by atoms with Gasteiger partial charge < -0.3 is 15.4 Å². The van der Waals surface area contributed by atoms with Gasteiger partial charge in [0.1, 0.15) is 5.75 Å². The quantitative estimate of drug-likeness (QED) is 0.707. The van der Waals surface area contributed by atoms with Crippen molar-refractivity contribution in [1.29, 1.82) is 0 Å². The van der Waals surface area contributed by atoms with Crippen LogP contribution in [0.2, 0.25) is 5.02 Å². The number of likely N-dealkylation sites (N-methyl/N-ethyl adjacent to an activating group) is 1. The highest BCUT2D eigenvalue weighted by molar-refractivity contribution is 7.98. The van der Waals surface area contributed by atoms with Crippen molar-refractivity contribution in [1.82, 2.24) is 4.90 Å². The summed E-state index contributed by atoms with van der Waals surface area (Å²) < 4.78 is 5.59. The van der Waals surface area contributed by atoms with Crippen LogP contribution in [0.4, 0.5) is 0 Å². The fourth-order valence-electron chi connectivity index (χ4n) is 1.81. The first-order valence-electron chi connectivity index (χ1n) is 6.92. The third-order valence-corrected chi connectivity index (χ3v) is 3.91. The molecule has 0 radical (unpaired) electrons. The summed E-state index contributed by atoms with van der Waals surface area (Å²) in [6, 6.07) is 6.87. The molecule has 0 aliphatic carbocycles. The van der Waals surface area contributed by atoms with Crippen molar-refractivity contribution in [2.75, 3.05) is 32.2 Å². The SMILES string of the molecule is CSCC[C@H](N)C(=O)N(C)CCCOc1cccc(Cl)c1. The summed E-state index contributed by atoms with van der Waals surface area (Å²) >= 11 is 7.58. The van der Waals surface area contributed by atoms with Crippen molar-refractivity contribution < 1.29 is 9.53 Å². The van der Waals surface area contributed by atoms with Crippen LogP contribution in [0.25, 0.3) is 0 Å². The maximum absolute atomic E-state index is 12.0. The van der Waals surface area contributed by atoms with Gasteiger partial charge in [0.15, 0.2) is 0 Å². The van der Waals surface area contributed by atoms with Crippen molar-refractivity contribution in [3.8, 4) is 5.75 Å². The predicted octanol–water partition coefficient (Wildman–Crippen LogP) is 2.65. The second kappa shape index (κ2) is 9.92. The van der Waals surface area contributed by atoms with Gasteiger partial charge in [0.2, 0.25) is 5.91 Å². The van der Waals surface area contributed by atoms with Crippen LogP contribution in [-0.4, -0.2) is 49.1 Å². The Morgan fingerprint density at radius 1 is 1.52 bits per heavy atom. The lowest BCUT2D eigenvalue weighted by Gasteiger charge is -2.21. The van der Waals surface area contributed by atoms with Gasteiger partial charge in [-0.1, -0.05) is 17.7 Å². The maximum atomic E-state index is 12.0.